The lowest BCUT2D eigenvalue weighted by molar-refractivity contribution is -0.142. The number of morpholine rings is 1. The van der Waals surface area contributed by atoms with E-state index in [2.05, 4.69) is 0 Å². The molecule has 2 amide bonds. The number of hydrogen-bond donors (Lipinski definition) is 0. The standard InChI is InChI=1S/C21H19ClN2O6/c22-14-9-13(10-17-19(14)29-12-28-17)20(25)24-11-18(21(26)23-5-7-27-8-6-23)30-16-4-2-1-3-15(16)24/h1-4,9-10,18H,5-8,11-12H2/t18-/m1/s1. The number of para-hydroxylation sites is 2. The van der Waals surface area contributed by atoms with Gasteiger partial charge in [0.05, 0.1) is 30.5 Å². The fourth-order valence-electron chi connectivity index (χ4n) is 3.79. The minimum absolute atomic E-state index is 0.0587. The summed E-state index contributed by atoms with van der Waals surface area (Å²) in [5, 5.41) is 0.302. The van der Waals surface area contributed by atoms with Crippen LogP contribution < -0.4 is 19.1 Å². The van der Waals surface area contributed by atoms with E-state index in [9.17, 15) is 9.59 Å². The summed E-state index contributed by atoms with van der Waals surface area (Å²) in [7, 11) is 0. The summed E-state index contributed by atoms with van der Waals surface area (Å²) in [6.45, 7) is 2.15. The van der Waals surface area contributed by atoms with Crippen molar-refractivity contribution in [1.29, 1.82) is 0 Å². The van der Waals surface area contributed by atoms with E-state index < -0.39 is 6.10 Å². The lowest BCUT2D eigenvalue weighted by atomic mass is 10.1. The summed E-state index contributed by atoms with van der Waals surface area (Å²) >= 11 is 6.27. The molecule has 0 saturated carbocycles. The molecule has 5 rings (SSSR count). The molecule has 8 nitrogen and oxygen atoms in total. The Morgan fingerprint density at radius 3 is 2.67 bits per heavy atom. The van der Waals surface area contributed by atoms with Gasteiger partial charge in [-0.3, -0.25) is 9.59 Å². The average molecular weight is 431 g/mol. The third-order valence-corrected chi connectivity index (χ3v) is 5.57. The first-order valence-corrected chi connectivity index (χ1v) is 10.0. The van der Waals surface area contributed by atoms with E-state index in [1.807, 2.05) is 6.07 Å². The number of halogens is 1. The number of hydrogen-bond acceptors (Lipinski definition) is 6. The molecular formula is C21H19ClN2O6. The zero-order valence-electron chi connectivity index (χ0n) is 16.0. The van der Waals surface area contributed by atoms with Crippen molar-refractivity contribution in [1.82, 2.24) is 4.90 Å². The smallest absolute Gasteiger partial charge is 0.265 e. The molecule has 0 unspecified atom stereocenters. The van der Waals surface area contributed by atoms with Crippen molar-refractivity contribution in [3.8, 4) is 17.2 Å². The van der Waals surface area contributed by atoms with Crippen molar-refractivity contribution in [2.45, 2.75) is 6.10 Å². The van der Waals surface area contributed by atoms with Crippen molar-refractivity contribution in [3.63, 3.8) is 0 Å². The van der Waals surface area contributed by atoms with Crippen LogP contribution in [0.5, 0.6) is 17.2 Å². The average Bonchev–Trinajstić information content (AvgIpc) is 3.27. The summed E-state index contributed by atoms with van der Waals surface area (Å²) in [6.07, 6.45) is -0.800. The summed E-state index contributed by atoms with van der Waals surface area (Å²) in [5.74, 6) is 0.875. The maximum absolute atomic E-state index is 13.4. The third kappa shape index (κ3) is 3.32. The molecule has 30 heavy (non-hydrogen) atoms. The van der Waals surface area contributed by atoms with Gasteiger partial charge in [-0.15, -0.1) is 0 Å². The Bertz CT molecular complexity index is 1010. The summed E-state index contributed by atoms with van der Waals surface area (Å²) in [6, 6.07) is 10.3. The Kier molecular flexibility index (Phi) is 4.88. The Morgan fingerprint density at radius 2 is 1.83 bits per heavy atom. The number of carbonyl (C=O) groups excluding carboxylic acids is 2. The van der Waals surface area contributed by atoms with Crippen LogP contribution in [0.4, 0.5) is 5.69 Å². The van der Waals surface area contributed by atoms with Crippen molar-refractivity contribution in [2.75, 3.05) is 44.5 Å². The second-order valence-corrected chi connectivity index (χ2v) is 7.53. The molecule has 0 bridgehead atoms. The van der Waals surface area contributed by atoms with Gasteiger partial charge in [0.25, 0.3) is 11.8 Å². The first kappa shape index (κ1) is 19.0. The molecule has 1 saturated heterocycles. The second-order valence-electron chi connectivity index (χ2n) is 7.12. The number of nitrogens with zero attached hydrogens (tertiary/aromatic N) is 2. The number of benzene rings is 2. The largest absolute Gasteiger partial charge is 0.476 e. The topological polar surface area (TPSA) is 77.5 Å². The van der Waals surface area contributed by atoms with Gasteiger partial charge in [0.15, 0.2) is 17.6 Å². The predicted octanol–water partition coefficient (Wildman–Crippen LogP) is 2.34. The van der Waals surface area contributed by atoms with Gasteiger partial charge in [0.2, 0.25) is 6.79 Å². The minimum Gasteiger partial charge on any atom is -0.476 e. The fourth-order valence-corrected chi connectivity index (χ4v) is 4.05. The zero-order valence-corrected chi connectivity index (χ0v) is 16.8. The molecule has 0 N–H and O–H groups in total. The second kappa shape index (κ2) is 7.70. The molecule has 1 fully saturated rings. The first-order chi connectivity index (χ1) is 14.6. The van der Waals surface area contributed by atoms with E-state index in [1.54, 1.807) is 40.1 Å². The van der Waals surface area contributed by atoms with Gasteiger partial charge in [0, 0.05) is 18.7 Å². The van der Waals surface area contributed by atoms with Crippen LogP contribution in [0, 0.1) is 0 Å². The van der Waals surface area contributed by atoms with E-state index in [1.165, 1.54) is 0 Å². The van der Waals surface area contributed by atoms with Crippen LogP contribution in [0.2, 0.25) is 5.02 Å². The van der Waals surface area contributed by atoms with Crippen molar-refractivity contribution >= 4 is 29.1 Å². The van der Waals surface area contributed by atoms with Gasteiger partial charge >= 0.3 is 0 Å². The van der Waals surface area contributed by atoms with Gasteiger partial charge in [-0.25, -0.2) is 0 Å². The van der Waals surface area contributed by atoms with Crippen molar-refractivity contribution in [3.05, 3.63) is 47.0 Å². The summed E-state index contributed by atoms with van der Waals surface area (Å²) < 4.78 is 22.0. The molecule has 0 aromatic heterocycles. The number of anilines is 1. The monoisotopic (exact) mass is 430 g/mol. The molecule has 1 atom stereocenters. The highest BCUT2D eigenvalue weighted by Crippen LogP contribution is 2.41. The Labute approximate surface area is 177 Å². The zero-order chi connectivity index (χ0) is 20.7. The maximum atomic E-state index is 13.4. The van der Waals surface area contributed by atoms with Gasteiger partial charge in [-0.1, -0.05) is 23.7 Å². The van der Waals surface area contributed by atoms with Crippen molar-refractivity contribution in [2.24, 2.45) is 0 Å². The molecule has 156 valence electrons. The van der Waals surface area contributed by atoms with Crippen LogP contribution >= 0.6 is 11.6 Å². The Balaban J connectivity index is 1.46. The molecule has 9 heteroatoms. The lowest BCUT2D eigenvalue weighted by Gasteiger charge is -2.37. The molecule has 2 aromatic rings. The summed E-state index contributed by atoms with van der Waals surface area (Å²) in [5.41, 5.74) is 0.945. The van der Waals surface area contributed by atoms with E-state index in [4.69, 9.17) is 30.5 Å². The van der Waals surface area contributed by atoms with Gasteiger partial charge in [-0.05, 0) is 24.3 Å². The van der Waals surface area contributed by atoms with Crippen LogP contribution in [0.1, 0.15) is 10.4 Å². The first-order valence-electron chi connectivity index (χ1n) is 9.65. The minimum atomic E-state index is -0.800. The van der Waals surface area contributed by atoms with Crippen LogP contribution in [-0.4, -0.2) is 62.5 Å². The van der Waals surface area contributed by atoms with E-state index in [-0.39, 0.29) is 25.2 Å². The van der Waals surface area contributed by atoms with Crippen molar-refractivity contribution < 1.29 is 28.5 Å². The van der Waals surface area contributed by atoms with Crippen LogP contribution in [0.15, 0.2) is 36.4 Å². The lowest BCUT2D eigenvalue weighted by Crippen LogP contribution is -2.54. The molecule has 0 aliphatic carbocycles. The van der Waals surface area contributed by atoms with E-state index in [0.29, 0.717) is 59.8 Å². The molecular weight excluding hydrogens is 412 g/mol. The third-order valence-electron chi connectivity index (χ3n) is 5.29. The number of fused-ring (bicyclic) bond motifs is 2. The highest BCUT2D eigenvalue weighted by molar-refractivity contribution is 6.33. The quantitative estimate of drug-likeness (QED) is 0.727. The van der Waals surface area contributed by atoms with Crippen LogP contribution in [-0.2, 0) is 9.53 Å². The predicted molar refractivity (Wildman–Crippen MR) is 108 cm³/mol. The van der Waals surface area contributed by atoms with Crippen LogP contribution in [0.25, 0.3) is 0 Å². The van der Waals surface area contributed by atoms with E-state index >= 15 is 0 Å². The number of carbonyl (C=O) groups is 2. The Morgan fingerprint density at radius 1 is 1.03 bits per heavy atom. The number of rotatable bonds is 2. The molecule has 3 aliphatic heterocycles. The number of amides is 2. The normalized spacial score (nSPS) is 19.8. The SMILES string of the molecule is O=C([C@H]1CN(C(=O)c2cc(Cl)c3c(c2)OCO3)c2ccccc2O1)N1CCOCC1. The van der Waals surface area contributed by atoms with Gasteiger partial charge in [-0.2, -0.15) is 0 Å². The maximum Gasteiger partial charge on any atom is 0.265 e. The van der Waals surface area contributed by atoms with E-state index in [0.717, 1.165) is 0 Å². The molecule has 3 heterocycles. The molecule has 0 radical (unpaired) electrons. The molecule has 2 aromatic carbocycles. The fraction of sp³-hybridized carbons (Fsp3) is 0.333. The van der Waals surface area contributed by atoms with Crippen LogP contribution in [0.3, 0.4) is 0 Å². The Hall–Kier alpha value is -2.97. The van der Waals surface area contributed by atoms with Gasteiger partial charge < -0.3 is 28.7 Å². The number of ether oxygens (including phenoxy) is 4. The molecule has 3 aliphatic rings. The summed E-state index contributed by atoms with van der Waals surface area (Å²) in [4.78, 5) is 29.7. The molecule has 0 spiro atoms. The highest BCUT2D eigenvalue weighted by atomic mass is 35.5. The van der Waals surface area contributed by atoms with Gasteiger partial charge in [0.1, 0.15) is 5.75 Å². The highest BCUT2D eigenvalue weighted by Gasteiger charge is 2.37.